The maximum absolute atomic E-state index is 12.7. The third-order valence-electron chi connectivity index (χ3n) is 6.03. The molecule has 5 aromatic rings. The minimum absolute atomic E-state index is 0.0411. The van der Waals surface area contributed by atoms with Crippen molar-refractivity contribution in [1.82, 2.24) is 10.3 Å². The fourth-order valence-corrected chi connectivity index (χ4v) is 4.19. The van der Waals surface area contributed by atoms with Gasteiger partial charge in [0.05, 0.1) is 13.5 Å². The summed E-state index contributed by atoms with van der Waals surface area (Å²) in [4.78, 5) is 17.0. The maximum Gasteiger partial charge on any atom is 0.224 e. The Hall–Kier alpha value is -4.64. The quantitative estimate of drug-likeness (QED) is 0.277. The maximum atomic E-state index is 12.7. The summed E-state index contributed by atoms with van der Waals surface area (Å²) in [6, 6.07) is 31.4. The van der Waals surface area contributed by atoms with Crippen LogP contribution in [0.2, 0.25) is 0 Å². The van der Waals surface area contributed by atoms with Crippen LogP contribution in [0.4, 0.5) is 0 Å². The third kappa shape index (κ3) is 5.36. The minimum atomic E-state index is -0.0411. The van der Waals surface area contributed by atoms with E-state index in [9.17, 15) is 4.79 Å². The van der Waals surface area contributed by atoms with Crippen molar-refractivity contribution < 1.29 is 14.3 Å². The van der Waals surface area contributed by atoms with Gasteiger partial charge in [0, 0.05) is 24.3 Å². The molecule has 178 valence electrons. The Balaban J connectivity index is 1.26. The average Bonchev–Trinajstić information content (AvgIpc) is 2.93. The van der Waals surface area contributed by atoms with Crippen molar-refractivity contribution in [3.05, 3.63) is 121 Å². The monoisotopic (exact) mass is 474 g/mol. The molecule has 0 saturated heterocycles. The summed E-state index contributed by atoms with van der Waals surface area (Å²) in [6.45, 7) is 0.425. The predicted octanol–water partition coefficient (Wildman–Crippen LogP) is 6.56. The molecule has 4 aromatic carbocycles. The van der Waals surface area contributed by atoms with Crippen LogP contribution in [0.15, 0.2) is 109 Å². The number of hydrogen-bond acceptors (Lipinski definition) is 4. The zero-order chi connectivity index (χ0) is 24.7. The topological polar surface area (TPSA) is 60.5 Å². The number of para-hydroxylation sites is 1. The number of aromatic nitrogens is 1. The molecule has 1 aromatic heterocycles. The molecule has 0 saturated carbocycles. The van der Waals surface area contributed by atoms with Gasteiger partial charge >= 0.3 is 0 Å². The highest BCUT2D eigenvalue weighted by atomic mass is 16.5. The number of nitrogens with zero attached hydrogens (tertiary/aromatic N) is 1. The standard InChI is InChI=1S/C31H26N2O3/c1-35-27-9-5-6-23(19-27)28-15-12-24(30-21-32-17-16-29(28)30)20-33-31(34)18-22-10-13-26(14-11-22)36-25-7-3-2-4-8-25/h2-17,19,21H,18,20H2,1H3,(H,33,34). The molecule has 5 rings (SSSR count). The van der Waals surface area contributed by atoms with Crippen LogP contribution >= 0.6 is 0 Å². The van der Waals surface area contributed by atoms with Gasteiger partial charge in [0.15, 0.2) is 0 Å². The Morgan fingerprint density at radius 2 is 1.58 bits per heavy atom. The van der Waals surface area contributed by atoms with Gasteiger partial charge in [0.2, 0.25) is 5.91 Å². The molecule has 0 aliphatic rings. The summed E-state index contributed by atoms with van der Waals surface area (Å²) in [5, 5.41) is 5.15. The Bertz CT molecular complexity index is 1480. The number of carbonyl (C=O) groups is 1. The van der Waals surface area contributed by atoms with Crippen LogP contribution in [-0.4, -0.2) is 18.0 Å². The summed E-state index contributed by atoms with van der Waals surface area (Å²) in [7, 11) is 1.67. The Labute approximate surface area is 210 Å². The Morgan fingerprint density at radius 1 is 0.806 bits per heavy atom. The Kier molecular flexibility index (Phi) is 6.90. The van der Waals surface area contributed by atoms with Crippen molar-refractivity contribution in [2.75, 3.05) is 7.11 Å². The van der Waals surface area contributed by atoms with E-state index in [0.717, 1.165) is 50.3 Å². The van der Waals surface area contributed by atoms with Gasteiger partial charge in [-0.05, 0) is 70.1 Å². The fourth-order valence-electron chi connectivity index (χ4n) is 4.19. The van der Waals surface area contributed by atoms with Gasteiger partial charge in [-0.3, -0.25) is 9.78 Å². The van der Waals surface area contributed by atoms with Crippen LogP contribution in [0.1, 0.15) is 11.1 Å². The van der Waals surface area contributed by atoms with Crippen molar-refractivity contribution in [1.29, 1.82) is 0 Å². The number of methoxy groups -OCH3 is 1. The molecule has 0 radical (unpaired) electrons. The molecule has 5 heteroatoms. The molecule has 1 heterocycles. The van der Waals surface area contributed by atoms with Gasteiger partial charge in [-0.1, -0.05) is 54.6 Å². The molecular weight excluding hydrogens is 448 g/mol. The number of hydrogen-bond donors (Lipinski definition) is 1. The molecule has 0 unspecified atom stereocenters. The molecule has 0 atom stereocenters. The van der Waals surface area contributed by atoms with Gasteiger partial charge in [-0.2, -0.15) is 0 Å². The molecule has 0 bridgehead atoms. The van der Waals surface area contributed by atoms with Crippen LogP contribution < -0.4 is 14.8 Å². The second-order valence-corrected chi connectivity index (χ2v) is 8.44. The number of carbonyl (C=O) groups excluding carboxylic acids is 1. The van der Waals surface area contributed by atoms with E-state index in [2.05, 4.69) is 28.5 Å². The second kappa shape index (κ2) is 10.7. The number of benzene rings is 4. The molecule has 0 aliphatic heterocycles. The number of fused-ring (bicyclic) bond motifs is 1. The normalized spacial score (nSPS) is 10.7. The molecule has 1 N–H and O–H groups in total. The largest absolute Gasteiger partial charge is 0.497 e. The Morgan fingerprint density at radius 3 is 2.39 bits per heavy atom. The lowest BCUT2D eigenvalue weighted by molar-refractivity contribution is -0.120. The highest BCUT2D eigenvalue weighted by Gasteiger charge is 2.11. The van der Waals surface area contributed by atoms with Crippen LogP contribution in [0.3, 0.4) is 0 Å². The first-order valence-electron chi connectivity index (χ1n) is 11.8. The summed E-state index contributed by atoms with van der Waals surface area (Å²) in [5.74, 6) is 2.29. The number of rotatable bonds is 8. The molecule has 0 spiro atoms. The van der Waals surface area contributed by atoms with Gasteiger partial charge < -0.3 is 14.8 Å². The second-order valence-electron chi connectivity index (χ2n) is 8.44. The predicted molar refractivity (Wildman–Crippen MR) is 142 cm³/mol. The number of pyridine rings is 1. The first-order chi connectivity index (χ1) is 17.7. The van der Waals surface area contributed by atoms with E-state index in [1.54, 1.807) is 13.3 Å². The zero-order valence-corrected chi connectivity index (χ0v) is 20.0. The average molecular weight is 475 g/mol. The van der Waals surface area contributed by atoms with E-state index in [1.165, 1.54) is 0 Å². The van der Waals surface area contributed by atoms with Crippen molar-refractivity contribution >= 4 is 16.7 Å². The van der Waals surface area contributed by atoms with Crippen molar-refractivity contribution in [3.63, 3.8) is 0 Å². The first-order valence-corrected chi connectivity index (χ1v) is 11.8. The third-order valence-corrected chi connectivity index (χ3v) is 6.03. The highest BCUT2D eigenvalue weighted by molar-refractivity contribution is 5.98. The molecular formula is C31H26N2O3. The number of nitrogens with one attached hydrogen (secondary N) is 1. The van der Waals surface area contributed by atoms with E-state index in [1.807, 2.05) is 85.1 Å². The zero-order valence-electron chi connectivity index (χ0n) is 20.0. The van der Waals surface area contributed by atoms with Gasteiger partial charge in [-0.15, -0.1) is 0 Å². The summed E-state index contributed by atoms with van der Waals surface area (Å²) < 4.78 is 11.2. The fraction of sp³-hybridized carbons (Fsp3) is 0.0968. The SMILES string of the molecule is COc1cccc(-c2ccc(CNC(=O)Cc3ccc(Oc4ccccc4)cc3)c3cnccc23)c1. The van der Waals surface area contributed by atoms with Gasteiger partial charge in [0.25, 0.3) is 0 Å². The van der Waals surface area contributed by atoms with Crippen LogP contribution in [-0.2, 0) is 17.8 Å². The van der Waals surface area contributed by atoms with Gasteiger partial charge in [0.1, 0.15) is 17.2 Å². The lowest BCUT2D eigenvalue weighted by Gasteiger charge is -2.13. The van der Waals surface area contributed by atoms with Crippen molar-refractivity contribution in [3.8, 4) is 28.4 Å². The van der Waals surface area contributed by atoms with Crippen LogP contribution in [0.5, 0.6) is 17.2 Å². The smallest absolute Gasteiger partial charge is 0.224 e. The van der Waals surface area contributed by atoms with E-state index in [0.29, 0.717) is 13.0 Å². The minimum Gasteiger partial charge on any atom is -0.497 e. The molecule has 5 nitrogen and oxygen atoms in total. The van der Waals surface area contributed by atoms with Crippen LogP contribution in [0.25, 0.3) is 21.9 Å². The first kappa shape index (κ1) is 23.1. The van der Waals surface area contributed by atoms with E-state index in [-0.39, 0.29) is 5.91 Å². The summed E-state index contributed by atoms with van der Waals surface area (Å²) >= 11 is 0. The molecule has 36 heavy (non-hydrogen) atoms. The number of amides is 1. The van der Waals surface area contributed by atoms with Crippen molar-refractivity contribution in [2.45, 2.75) is 13.0 Å². The lowest BCUT2D eigenvalue weighted by atomic mass is 9.96. The van der Waals surface area contributed by atoms with E-state index < -0.39 is 0 Å². The molecule has 0 fully saturated rings. The van der Waals surface area contributed by atoms with Gasteiger partial charge in [-0.25, -0.2) is 0 Å². The lowest BCUT2D eigenvalue weighted by Crippen LogP contribution is -2.24. The van der Waals surface area contributed by atoms with Crippen LogP contribution in [0, 0.1) is 0 Å². The molecule has 1 amide bonds. The summed E-state index contributed by atoms with van der Waals surface area (Å²) in [6.07, 6.45) is 3.94. The van der Waals surface area contributed by atoms with E-state index >= 15 is 0 Å². The number of ether oxygens (including phenoxy) is 2. The highest BCUT2D eigenvalue weighted by Crippen LogP contribution is 2.32. The summed E-state index contributed by atoms with van der Waals surface area (Å²) in [5.41, 5.74) is 4.11. The van der Waals surface area contributed by atoms with Crippen molar-refractivity contribution in [2.24, 2.45) is 0 Å². The molecule has 0 aliphatic carbocycles. The van der Waals surface area contributed by atoms with E-state index in [4.69, 9.17) is 9.47 Å².